The van der Waals surface area contributed by atoms with Crippen molar-refractivity contribution >= 4 is 27.6 Å². The van der Waals surface area contributed by atoms with Crippen molar-refractivity contribution in [3.63, 3.8) is 0 Å². The number of carbonyl (C=O) groups is 1. The minimum absolute atomic E-state index is 0.0991. The van der Waals surface area contributed by atoms with Crippen molar-refractivity contribution in [2.75, 3.05) is 20.2 Å². The first-order valence-corrected chi connectivity index (χ1v) is 8.76. The third-order valence-corrected chi connectivity index (χ3v) is 4.61. The van der Waals surface area contributed by atoms with Crippen LogP contribution < -0.4 is 4.74 Å². The van der Waals surface area contributed by atoms with Gasteiger partial charge >= 0.3 is 0 Å². The number of ether oxygens (including phenoxy) is 1. The maximum absolute atomic E-state index is 12.9. The number of nitrogens with zero attached hydrogens (tertiary/aromatic N) is 1. The second kappa shape index (κ2) is 7.11. The molecule has 0 spiro atoms. The molecular formula is C22H19FN2O2. The van der Waals surface area contributed by atoms with E-state index in [0.717, 1.165) is 21.7 Å². The first-order chi connectivity index (χ1) is 13.1. The van der Waals surface area contributed by atoms with Crippen molar-refractivity contribution in [2.24, 2.45) is 0 Å². The number of likely N-dealkylation sites (N-methyl/N-ethyl adjacent to an activating group) is 1. The fourth-order valence-corrected chi connectivity index (χ4v) is 3.14. The summed E-state index contributed by atoms with van der Waals surface area (Å²) < 4.78 is 18.5. The van der Waals surface area contributed by atoms with Gasteiger partial charge in [-0.15, -0.1) is 0 Å². The summed E-state index contributed by atoms with van der Waals surface area (Å²) in [4.78, 5) is 17.5. The summed E-state index contributed by atoms with van der Waals surface area (Å²) in [5.74, 6) is 0.174. The second-order valence-electron chi connectivity index (χ2n) is 6.46. The highest BCUT2D eigenvalue weighted by Crippen LogP contribution is 2.26. The molecule has 1 heterocycles. The molecule has 0 radical (unpaired) electrons. The molecule has 4 aromatic rings. The lowest BCUT2D eigenvalue weighted by molar-refractivity contribution is 0.0769. The summed E-state index contributed by atoms with van der Waals surface area (Å²) >= 11 is 0. The van der Waals surface area contributed by atoms with Crippen molar-refractivity contribution in [2.45, 2.75) is 0 Å². The van der Waals surface area contributed by atoms with Crippen LogP contribution in [-0.4, -0.2) is 36.0 Å². The Labute approximate surface area is 156 Å². The van der Waals surface area contributed by atoms with Crippen LogP contribution in [0.1, 0.15) is 10.5 Å². The van der Waals surface area contributed by atoms with Crippen molar-refractivity contribution in [1.29, 1.82) is 0 Å². The average molecular weight is 362 g/mol. The molecule has 4 rings (SSSR count). The van der Waals surface area contributed by atoms with E-state index in [2.05, 4.69) is 17.1 Å². The molecule has 0 fully saturated rings. The number of benzene rings is 3. The van der Waals surface area contributed by atoms with Gasteiger partial charge in [0.05, 0.1) is 6.54 Å². The van der Waals surface area contributed by atoms with E-state index in [-0.39, 0.29) is 11.7 Å². The smallest absolute Gasteiger partial charge is 0.270 e. The lowest BCUT2D eigenvalue weighted by Crippen LogP contribution is -2.31. The van der Waals surface area contributed by atoms with E-state index in [9.17, 15) is 9.18 Å². The normalized spacial score (nSPS) is 11.0. The zero-order valence-electron chi connectivity index (χ0n) is 14.9. The topological polar surface area (TPSA) is 45.3 Å². The van der Waals surface area contributed by atoms with Gasteiger partial charge in [0.25, 0.3) is 5.91 Å². The number of amides is 1. The van der Waals surface area contributed by atoms with Crippen LogP contribution in [0.2, 0.25) is 0 Å². The summed E-state index contributed by atoms with van der Waals surface area (Å²) in [6, 6.07) is 19.9. The monoisotopic (exact) mass is 362 g/mol. The summed E-state index contributed by atoms with van der Waals surface area (Å²) in [7, 11) is 1.74. The zero-order chi connectivity index (χ0) is 18.8. The van der Waals surface area contributed by atoms with Crippen LogP contribution in [0.4, 0.5) is 4.39 Å². The summed E-state index contributed by atoms with van der Waals surface area (Å²) in [5.41, 5.74) is 1.48. The van der Waals surface area contributed by atoms with Crippen molar-refractivity contribution in [3.05, 3.63) is 78.2 Å². The van der Waals surface area contributed by atoms with Crippen LogP contribution in [0, 0.1) is 5.82 Å². The zero-order valence-corrected chi connectivity index (χ0v) is 14.9. The van der Waals surface area contributed by atoms with Gasteiger partial charge in [0.15, 0.2) is 0 Å². The fraction of sp³-hybridized carbons (Fsp3) is 0.136. The van der Waals surface area contributed by atoms with Crippen LogP contribution in [0.25, 0.3) is 21.7 Å². The van der Waals surface area contributed by atoms with E-state index < -0.39 is 0 Å². The van der Waals surface area contributed by atoms with Crippen molar-refractivity contribution < 1.29 is 13.9 Å². The Bertz CT molecular complexity index is 1100. The number of halogens is 1. The third kappa shape index (κ3) is 3.49. The number of carbonyl (C=O) groups excluding carboxylic acids is 1. The number of rotatable bonds is 5. The maximum atomic E-state index is 12.9. The highest BCUT2D eigenvalue weighted by atomic mass is 19.1. The van der Waals surface area contributed by atoms with Gasteiger partial charge in [-0.05, 0) is 47.2 Å². The van der Waals surface area contributed by atoms with Crippen molar-refractivity contribution in [3.8, 4) is 5.75 Å². The van der Waals surface area contributed by atoms with E-state index in [1.807, 2.05) is 30.3 Å². The predicted molar refractivity (Wildman–Crippen MR) is 105 cm³/mol. The Morgan fingerprint density at radius 1 is 1.04 bits per heavy atom. The fourth-order valence-electron chi connectivity index (χ4n) is 3.14. The number of aromatic nitrogens is 1. The molecule has 0 saturated carbocycles. The molecule has 0 saturated heterocycles. The van der Waals surface area contributed by atoms with Gasteiger partial charge < -0.3 is 14.6 Å². The van der Waals surface area contributed by atoms with Gasteiger partial charge in [-0.1, -0.05) is 30.3 Å². The number of nitrogens with one attached hydrogen (secondary N) is 1. The molecule has 5 heteroatoms. The van der Waals surface area contributed by atoms with E-state index in [1.54, 1.807) is 24.1 Å². The molecule has 1 amide bonds. The first-order valence-electron chi connectivity index (χ1n) is 8.76. The Kier molecular flexibility index (Phi) is 4.50. The molecule has 0 unspecified atom stereocenters. The first kappa shape index (κ1) is 17.1. The molecule has 0 atom stereocenters. The number of H-pyrrole nitrogens is 1. The molecule has 0 aliphatic carbocycles. The minimum atomic E-state index is -0.305. The Morgan fingerprint density at radius 2 is 1.81 bits per heavy atom. The summed E-state index contributed by atoms with van der Waals surface area (Å²) in [6.07, 6.45) is 0. The predicted octanol–water partition coefficient (Wildman–Crippen LogP) is 4.61. The second-order valence-corrected chi connectivity index (χ2v) is 6.46. The molecule has 0 bridgehead atoms. The maximum Gasteiger partial charge on any atom is 0.270 e. The van der Waals surface area contributed by atoms with Gasteiger partial charge in [-0.25, -0.2) is 4.39 Å². The molecule has 1 N–H and O–H groups in total. The van der Waals surface area contributed by atoms with E-state index >= 15 is 0 Å². The number of hydrogen-bond acceptors (Lipinski definition) is 2. The molecule has 1 aromatic heterocycles. The molecule has 4 nitrogen and oxygen atoms in total. The van der Waals surface area contributed by atoms with Gasteiger partial charge in [0.1, 0.15) is 23.9 Å². The number of aromatic amines is 1. The minimum Gasteiger partial charge on any atom is -0.492 e. The highest BCUT2D eigenvalue weighted by molar-refractivity contribution is 6.09. The highest BCUT2D eigenvalue weighted by Gasteiger charge is 2.15. The Morgan fingerprint density at radius 3 is 2.63 bits per heavy atom. The molecule has 27 heavy (non-hydrogen) atoms. The van der Waals surface area contributed by atoms with E-state index in [4.69, 9.17) is 4.74 Å². The molecule has 0 aliphatic rings. The largest absolute Gasteiger partial charge is 0.492 e. The summed E-state index contributed by atoms with van der Waals surface area (Å²) in [5, 5.41) is 3.30. The van der Waals surface area contributed by atoms with Crippen LogP contribution >= 0.6 is 0 Å². The van der Waals surface area contributed by atoms with E-state index in [0.29, 0.717) is 24.6 Å². The standard InChI is InChI=1S/C22H19FN2O2/c1-25(12-13-27-17-9-7-16(23)8-10-17)22(26)21-14-19-18-5-3-2-4-15(18)6-11-20(19)24-21/h2-11,14,24H,12-13H2,1H3. The van der Waals surface area contributed by atoms with Gasteiger partial charge in [0, 0.05) is 18.0 Å². The SMILES string of the molecule is CN(CCOc1ccc(F)cc1)C(=O)c1cc2c(ccc3ccccc32)[nH]1. The quantitative estimate of drug-likeness (QED) is 0.563. The number of fused-ring (bicyclic) bond motifs is 3. The molecule has 3 aromatic carbocycles. The molecule has 0 aliphatic heterocycles. The van der Waals surface area contributed by atoms with Gasteiger partial charge in [-0.2, -0.15) is 0 Å². The third-order valence-electron chi connectivity index (χ3n) is 4.61. The average Bonchev–Trinajstić information content (AvgIpc) is 3.13. The van der Waals surface area contributed by atoms with Crippen LogP contribution in [0.5, 0.6) is 5.75 Å². The Hall–Kier alpha value is -3.34. The van der Waals surface area contributed by atoms with Crippen LogP contribution in [-0.2, 0) is 0 Å². The van der Waals surface area contributed by atoms with Crippen LogP contribution in [0.15, 0.2) is 66.7 Å². The lowest BCUT2D eigenvalue weighted by Gasteiger charge is -2.16. The van der Waals surface area contributed by atoms with Gasteiger partial charge in [0.2, 0.25) is 0 Å². The lowest BCUT2D eigenvalue weighted by atomic mass is 10.1. The molecular weight excluding hydrogens is 343 g/mol. The van der Waals surface area contributed by atoms with Crippen molar-refractivity contribution in [1.82, 2.24) is 9.88 Å². The Balaban J connectivity index is 1.46. The van der Waals surface area contributed by atoms with Gasteiger partial charge in [-0.3, -0.25) is 4.79 Å². The van der Waals surface area contributed by atoms with Crippen LogP contribution in [0.3, 0.4) is 0 Å². The molecule has 136 valence electrons. The van der Waals surface area contributed by atoms with E-state index in [1.165, 1.54) is 12.1 Å². The summed E-state index contributed by atoms with van der Waals surface area (Å²) in [6.45, 7) is 0.753. The number of hydrogen-bond donors (Lipinski definition) is 1.